The van der Waals surface area contributed by atoms with Gasteiger partial charge in [0.2, 0.25) is 0 Å². The number of nitrogens with one attached hydrogen (secondary N) is 1. The van der Waals surface area contributed by atoms with Gasteiger partial charge in [-0.15, -0.1) is 0 Å². The third-order valence-electron chi connectivity index (χ3n) is 5.93. The third kappa shape index (κ3) is 4.73. The minimum atomic E-state index is -3.68. The Kier molecular flexibility index (Phi) is 6.42. The standard InChI is InChI=1S/C26H28N2O4S/c1-18-4-11-24(12-5-18)33(30,31)28-19(2)16-22-17-21(8-13-25(22)28)26(29)27-15-14-20-6-9-23(32-3)10-7-20/h4-13,17,19H,14-16H2,1-3H3,(H,27,29)/t19-/m1/s1. The SMILES string of the molecule is COc1ccc(CCNC(=O)c2ccc3c(c2)C[C@@H](C)N3S(=O)(=O)c2ccc(C)cc2)cc1. The van der Waals surface area contributed by atoms with E-state index in [0.717, 1.165) is 22.4 Å². The molecule has 0 aliphatic carbocycles. The lowest BCUT2D eigenvalue weighted by atomic mass is 10.1. The van der Waals surface area contributed by atoms with Crippen molar-refractivity contribution in [2.24, 2.45) is 0 Å². The Balaban J connectivity index is 1.46. The van der Waals surface area contributed by atoms with E-state index in [1.165, 1.54) is 4.31 Å². The van der Waals surface area contributed by atoms with Crippen molar-refractivity contribution in [1.29, 1.82) is 0 Å². The van der Waals surface area contributed by atoms with Gasteiger partial charge in [-0.25, -0.2) is 8.42 Å². The zero-order chi connectivity index (χ0) is 23.6. The summed E-state index contributed by atoms with van der Waals surface area (Å²) in [6.07, 6.45) is 1.27. The number of methoxy groups -OCH3 is 1. The van der Waals surface area contributed by atoms with Crippen molar-refractivity contribution in [1.82, 2.24) is 5.32 Å². The number of anilines is 1. The number of benzene rings is 3. The molecule has 1 aliphatic rings. The molecule has 0 bridgehead atoms. The Hall–Kier alpha value is -3.32. The van der Waals surface area contributed by atoms with E-state index < -0.39 is 10.0 Å². The first-order chi connectivity index (χ1) is 15.8. The fourth-order valence-electron chi connectivity index (χ4n) is 4.15. The van der Waals surface area contributed by atoms with Crippen LogP contribution in [0.4, 0.5) is 5.69 Å². The first-order valence-corrected chi connectivity index (χ1v) is 12.4. The third-order valence-corrected chi connectivity index (χ3v) is 7.87. The van der Waals surface area contributed by atoms with Crippen LogP contribution in [0.2, 0.25) is 0 Å². The summed E-state index contributed by atoms with van der Waals surface area (Å²) in [6, 6.07) is 19.6. The molecular formula is C26H28N2O4S. The number of rotatable bonds is 7. The Bertz CT molecular complexity index is 1250. The summed E-state index contributed by atoms with van der Waals surface area (Å²) in [6.45, 7) is 4.32. The van der Waals surface area contributed by atoms with Crippen LogP contribution in [0.1, 0.15) is 34.0 Å². The maximum absolute atomic E-state index is 13.3. The molecule has 3 aromatic carbocycles. The van der Waals surface area contributed by atoms with Gasteiger partial charge < -0.3 is 10.1 Å². The van der Waals surface area contributed by atoms with E-state index in [0.29, 0.717) is 30.6 Å². The highest BCUT2D eigenvalue weighted by atomic mass is 32.2. The summed E-state index contributed by atoms with van der Waals surface area (Å²) in [5.74, 6) is 0.632. The number of ether oxygens (including phenoxy) is 1. The first-order valence-electron chi connectivity index (χ1n) is 10.9. The minimum Gasteiger partial charge on any atom is -0.497 e. The Labute approximate surface area is 195 Å². The molecule has 1 amide bonds. The summed E-state index contributed by atoms with van der Waals surface area (Å²) in [4.78, 5) is 13.0. The molecule has 3 aromatic rings. The first kappa shape index (κ1) is 22.9. The maximum atomic E-state index is 13.3. The van der Waals surface area contributed by atoms with Crippen LogP contribution in [0.25, 0.3) is 0 Å². The van der Waals surface area contributed by atoms with Crippen LogP contribution in [0, 0.1) is 6.92 Å². The summed E-state index contributed by atoms with van der Waals surface area (Å²) in [7, 11) is -2.05. The van der Waals surface area contributed by atoms with Gasteiger partial charge in [-0.2, -0.15) is 0 Å². The lowest BCUT2D eigenvalue weighted by molar-refractivity contribution is 0.0954. The van der Waals surface area contributed by atoms with Crippen molar-refractivity contribution in [2.45, 2.75) is 37.6 Å². The van der Waals surface area contributed by atoms with Gasteiger partial charge in [0.05, 0.1) is 17.7 Å². The molecule has 7 heteroatoms. The van der Waals surface area contributed by atoms with Crippen LogP contribution in [-0.2, 0) is 22.9 Å². The smallest absolute Gasteiger partial charge is 0.264 e. The lowest BCUT2D eigenvalue weighted by Gasteiger charge is -2.24. The molecule has 1 aliphatic heterocycles. The van der Waals surface area contributed by atoms with E-state index in [1.807, 2.05) is 38.1 Å². The summed E-state index contributed by atoms with van der Waals surface area (Å²) >= 11 is 0. The van der Waals surface area contributed by atoms with Gasteiger partial charge >= 0.3 is 0 Å². The number of amides is 1. The van der Waals surface area contributed by atoms with Crippen LogP contribution >= 0.6 is 0 Å². The van der Waals surface area contributed by atoms with Gasteiger partial charge in [0, 0.05) is 18.2 Å². The molecule has 6 nitrogen and oxygen atoms in total. The predicted octanol–water partition coefficient (Wildman–Crippen LogP) is 4.12. The average Bonchev–Trinajstić information content (AvgIpc) is 3.15. The minimum absolute atomic E-state index is 0.168. The van der Waals surface area contributed by atoms with Crippen LogP contribution in [0.5, 0.6) is 5.75 Å². The van der Waals surface area contributed by atoms with Crippen molar-refractivity contribution in [3.8, 4) is 5.75 Å². The molecular weight excluding hydrogens is 436 g/mol. The molecule has 0 unspecified atom stereocenters. The van der Waals surface area contributed by atoms with E-state index in [-0.39, 0.29) is 16.8 Å². The van der Waals surface area contributed by atoms with Gasteiger partial charge in [-0.1, -0.05) is 29.8 Å². The number of aryl methyl sites for hydroxylation is 1. The molecule has 33 heavy (non-hydrogen) atoms. The van der Waals surface area contributed by atoms with Crippen LogP contribution in [0.3, 0.4) is 0 Å². The van der Waals surface area contributed by atoms with Gasteiger partial charge in [0.25, 0.3) is 15.9 Å². The number of nitrogens with zero attached hydrogens (tertiary/aromatic N) is 1. The summed E-state index contributed by atoms with van der Waals surface area (Å²) in [5, 5.41) is 2.95. The zero-order valence-corrected chi connectivity index (χ0v) is 19.9. The van der Waals surface area contributed by atoms with E-state index in [2.05, 4.69) is 5.32 Å². The molecule has 0 saturated heterocycles. The molecule has 172 valence electrons. The molecule has 0 saturated carbocycles. The summed E-state index contributed by atoms with van der Waals surface area (Å²) in [5.41, 5.74) is 4.14. The largest absolute Gasteiger partial charge is 0.497 e. The fraction of sp³-hybridized carbons (Fsp3) is 0.269. The molecule has 0 radical (unpaired) electrons. The number of carbonyl (C=O) groups excluding carboxylic acids is 1. The number of hydrogen-bond donors (Lipinski definition) is 1. The molecule has 0 fully saturated rings. The number of fused-ring (bicyclic) bond motifs is 1. The maximum Gasteiger partial charge on any atom is 0.264 e. The quantitative estimate of drug-likeness (QED) is 0.571. The molecule has 1 heterocycles. The average molecular weight is 465 g/mol. The van der Waals surface area contributed by atoms with E-state index in [1.54, 1.807) is 49.6 Å². The fourth-order valence-corrected chi connectivity index (χ4v) is 5.84. The van der Waals surface area contributed by atoms with Crippen LogP contribution < -0.4 is 14.4 Å². The Morgan fingerprint density at radius 3 is 2.42 bits per heavy atom. The zero-order valence-electron chi connectivity index (χ0n) is 19.0. The van der Waals surface area contributed by atoms with Crippen LogP contribution in [-0.4, -0.2) is 34.0 Å². The predicted molar refractivity (Wildman–Crippen MR) is 129 cm³/mol. The van der Waals surface area contributed by atoms with Crippen molar-refractivity contribution in [3.05, 3.63) is 89.0 Å². The normalized spacial score (nSPS) is 15.2. The van der Waals surface area contributed by atoms with Gasteiger partial charge in [-0.05, 0) is 80.3 Å². The second-order valence-corrected chi connectivity index (χ2v) is 10.2. The number of carbonyl (C=O) groups is 1. The van der Waals surface area contributed by atoms with E-state index >= 15 is 0 Å². The van der Waals surface area contributed by atoms with E-state index in [9.17, 15) is 13.2 Å². The second kappa shape index (κ2) is 9.27. The van der Waals surface area contributed by atoms with E-state index in [4.69, 9.17) is 4.74 Å². The van der Waals surface area contributed by atoms with Crippen molar-refractivity contribution >= 4 is 21.6 Å². The highest BCUT2D eigenvalue weighted by Crippen LogP contribution is 2.37. The van der Waals surface area contributed by atoms with Gasteiger partial charge in [0.1, 0.15) is 5.75 Å². The molecule has 0 spiro atoms. The van der Waals surface area contributed by atoms with Crippen LogP contribution in [0.15, 0.2) is 71.6 Å². The topological polar surface area (TPSA) is 75.7 Å². The lowest BCUT2D eigenvalue weighted by Crippen LogP contribution is -2.35. The Morgan fingerprint density at radius 2 is 1.76 bits per heavy atom. The van der Waals surface area contributed by atoms with Crippen molar-refractivity contribution in [3.63, 3.8) is 0 Å². The molecule has 0 aromatic heterocycles. The monoisotopic (exact) mass is 464 g/mol. The Morgan fingerprint density at radius 1 is 1.06 bits per heavy atom. The highest BCUT2D eigenvalue weighted by Gasteiger charge is 2.36. The van der Waals surface area contributed by atoms with Gasteiger partial charge in [-0.3, -0.25) is 9.10 Å². The summed E-state index contributed by atoms with van der Waals surface area (Å²) < 4.78 is 33.2. The van der Waals surface area contributed by atoms with Crippen molar-refractivity contribution in [2.75, 3.05) is 18.0 Å². The second-order valence-electron chi connectivity index (χ2n) is 8.36. The van der Waals surface area contributed by atoms with Crippen molar-refractivity contribution < 1.29 is 17.9 Å². The number of sulfonamides is 1. The number of hydrogen-bond acceptors (Lipinski definition) is 4. The highest BCUT2D eigenvalue weighted by molar-refractivity contribution is 7.92. The molecule has 4 rings (SSSR count). The molecule has 1 N–H and O–H groups in total. The molecule has 1 atom stereocenters. The van der Waals surface area contributed by atoms with Gasteiger partial charge in [0.15, 0.2) is 0 Å².